The third-order valence-electron chi connectivity index (χ3n) is 4.25. The van der Waals surface area contributed by atoms with Crippen molar-refractivity contribution in [2.45, 2.75) is 43.8 Å². The van der Waals surface area contributed by atoms with Gasteiger partial charge < -0.3 is 22.4 Å². The van der Waals surface area contributed by atoms with Crippen molar-refractivity contribution in [3.63, 3.8) is 0 Å². The van der Waals surface area contributed by atoms with Gasteiger partial charge >= 0.3 is 6.98 Å². The molecule has 1 heterocycles. The third-order valence-corrected chi connectivity index (χ3v) is 4.25. The van der Waals surface area contributed by atoms with E-state index in [1.807, 2.05) is 0 Å². The van der Waals surface area contributed by atoms with Crippen molar-refractivity contribution < 1.29 is 22.4 Å². The summed E-state index contributed by atoms with van der Waals surface area (Å²) in [5.74, 6) is 0.308. The zero-order valence-corrected chi connectivity index (χ0v) is 11.2. The largest absolute Gasteiger partial charge is 0.509 e. The van der Waals surface area contributed by atoms with Crippen molar-refractivity contribution in [2.24, 2.45) is 0 Å². The van der Waals surface area contributed by atoms with E-state index in [-0.39, 0.29) is 11.7 Å². The van der Waals surface area contributed by atoms with Crippen LogP contribution in [0.1, 0.15) is 32.1 Å². The summed E-state index contributed by atoms with van der Waals surface area (Å²) in [5.41, 5.74) is -0.665. The molecule has 1 spiro atoms. The molecule has 0 amide bonds. The molecule has 1 aromatic rings. The molecule has 20 heavy (non-hydrogen) atoms. The van der Waals surface area contributed by atoms with E-state index in [4.69, 9.17) is 9.47 Å². The van der Waals surface area contributed by atoms with Gasteiger partial charge in [-0.25, -0.2) is 0 Å². The molecule has 0 bridgehead atoms. The van der Waals surface area contributed by atoms with Crippen LogP contribution in [0.15, 0.2) is 24.3 Å². The first-order chi connectivity index (χ1) is 9.47. The van der Waals surface area contributed by atoms with E-state index in [2.05, 4.69) is 0 Å². The highest BCUT2D eigenvalue weighted by Crippen LogP contribution is 2.43. The van der Waals surface area contributed by atoms with Crippen LogP contribution in [0.25, 0.3) is 0 Å². The van der Waals surface area contributed by atoms with Gasteiger partial charge in [-0.15, -0.1) is 5.46 Å². The van der Waals surface area contributed by atoms with Crippen LogP contribution in [0.5, 0.6) is 5.75 Å². The van der Waals surface area contributed by atoms with Gasteiger partial charge in [-0.05, 0) is 31.4 Å². The van der Waals surface area contributed by atoms with E-state index >= 15 is 0 Å². The fourth-order valence-corrected chi connectivity index (χ4v) is 2.99. The van der Waals surface area contributed by atoms with E-state index in [1.165, 1.54) is 12.5 Å². The molecule has 110 valence electrons. The summed E-state index contributed by atoms with van der Waals surface area (Å²) in [7, 11) is 0. The summed E-state index contributed by atoms with van der Waals surface area (Å²) >= 11 is 0. The molecule has 2 aliphatic rings. The first-order valence-corrected chi connectivity index (χ1v) is 7.07. The third kappa shape index (κ3) is 2.80. The number of rotatable bonds is 3. The van der Waals surface area contributed by atoms with Gasteiger partial charge in [0.1, 0.15) is 11.9 Å². The van der Waals surface area contributed by atoms with Crippen molar-refractivity contribution in [1.29, 1.82) is 0 Å². The lowest BCUT2D eigenvalue weighted by atomic mass is 9.74. The fraction of sp³-hybridized carbons (Fsp3) is 0.571. The lowest BCUT2D eigenvalue weighted by Gasteiger charge is -2.46. The zero-order chi connectivity index (χ0) is 14.2. The van der Waals surface area contributed by atoms with Crippen LogP contribution in [-0.4, -0.2) is 25.3 Å². The van der Waals surface area contributed by atoms with Gasteiger partial charge in [-0.1, -0.05) is 12.1 Å². The summed E-state index contributed by atoms with van der Waals surface area (Å²) in [6.45, 7) is -4.34. The van der Waals surface area contributed by atoms with Crippen LogP contribution in [0, 0.1) is 0 Å². The Kier molecular flexibility index (Phi) is 3.44. The molecule has 0 N–H and O–H groups in total. The van der Waals surface area contributed by atoms with Crippen molar-refractivity contribution in [1.82, 2.24) is 0 Å². The van der Waals surface area contributed by atoms with E-state index in [1.54, 1.807) is 6.07 Å². The van der Waals surface area contributed by atoms with Gasteiger partial charge in [0.2, 0.25) is 0 Å². The van der Waals surface area contributed by atoms with Gasteiger partial charge in [0.05, 0.1) is 12.2 Å². The topological polar surface area (TPSA) is 18.5 Å². The van der Waals surface area contributed by atoms with Crippen LogP contribution in [0.4, 0.5) is 12.9 Å². The van der Waals surface area contributed by atoms with E-state index in [9.17, 15) is 12.9 Å². The van der Waals surface area contributed by atoms with E-state index in [0.717, 1.165) is 37.8 Å². The first-order valence-electron chi connectivity index (χ1n) is 7.07. The molecule has 1 atom stereocenters. The number of halogens is 3. The Balaban J connectivity index is 1.68. The van der Waals surface area contributed by atoms with Crippen LogP contribution in [0.2, 0.25) is 0 Å². The van der Waals surface area contributed by atoms with E-state index in [0.29, 0.717) is 12.4 Å². The lowest BCUT2D eigenvalue weighted by Crippen LogP contribution is -2.48. The summed E-state index contributed by atoms with van der Waals surface area (Å²) in [6, 6.07) is 5.18. The fourth-order valence-electron chi connectivity index (χ4n) is 2.99. The SMILES string of the molecule is F[B-](F)(F)c1cccc(OC2CCOC3(CCC3)C2)c1. The molecule has 1 saturated heterocycles. The highest BCUT2D eigenvalue weighted by atomic mass is 19.4. The standard InChI is InChI=1S/C14H17BF3O2/c16-15(17,18)11-3-1-4-12(9-11)20-13-5-8-19-14(10-13)6-2-7-14/h1,3-4,9,13H,2,5-8,10H2/q-1. The zero-order valence-electron chi connectivity index (χ0n) is 11.2. The average molecular weight is 285 g/mol. The van der Waals surface area contributed by atoms with Crippen LogP contribution in [0.3, 0.4) is 0 Å². The summed E-state index contributed by atoms with van der Waals surface area (Å²) in [4.78, 5) is 0. The van der Waals surface area contributed by atoms with Gasteiger partial charge in [0.25, 0.3) is 0 Å². The molecule has 2 fully saturated rings. The van der Waals surface area contributed by atoms with Crippen LogP contribution in [-0.2, 0) is 4.74 Å². The molecule has 1 aliphatic carbocycles. The predicted molar refractivity (Wildman–Crippen MR) is 71.3 cm³/mol. The van der Waals surface area contributed by atoms with Gasteiger partial charge in [-0.3, -0.25) is 0 Å². The molecule has 1 aliphatic heterocycles. The molecule has 0 aromatic heterocycles. The monoisotopic (exact) mass is 285 g/mol. The maximum absolute atomic E-state index is 12.7. The normalized spacial score (nSPS) is 25.2. The molecule has 1 saturated carbocycles. The van der Waals surface area contributed by atoms with Gasteiger partial charge in [-0.2, -0.15) is 0 Å². The highest BCUT2D eigenvalue weighted by Gasteiger charge is 2.43. The molecular weight excluding hydrogens is 268 g/mol. The number of ether oxygens (including phenoxy) is 2. The molecule has 0 radical (unpaired) electrons. The summed E-state index contributed by atoms with van der Waals surface area (Å²) < 4.78 is 49.7. The maximum Gasteiger partial charge on any atom is 0.509 e. The Bertz CT molecular complexity index is 486. The van der Waals surface area contributed by atoms with Gasteiger partial charge in [0, 0.05) is 12.8 Å². The second-order valence-electron chi connectivity index (χ2n) is 5.76. The minimum absolute atomic E-state index is 0.0416. The molecule has 6 heteroatoms. The molecule has 3 rings (SSSR count). The summed E-state index contributed by atoms with van der Waals surface area (Å²) in [6.07, 6.45) is 4.73. The number of hydrogen-bond acceptors (Lipinski definition) is 2. The smallest absolute Gasteiger partial charge is 0.490 e. The lowest BCUT2D eigenvalue weighted by molar-refractivity contribution is -0.153. The number of hydrogen-bond donors (Lipinski definition) is 0. The van der Waals surface area contributed by atoms with Crippen molar-refractivity contribution in [3.05, 3.63) is 24.3 Å². The Morgan fingerprint density at radius 2 is 2.05 bits per heavy atom. The second kappa shape index (κ2) is 4.99. The Labute approximate surface area is 116 Å². The molecular formula is C14H17BF3O2-. The maximum atomic E-state index is 12.7. The Morgan fingerprint density at radius 1 is 1.25 bits per heavy atom. The quantitative estimate of drug-likeness (QED) is 0.794. The molecule has 1 unspecified atom stereocenters. The minimum Gasteiger partial charge on any atom is -0.490 e. The predicted octanol–water partition coefficient (Wildman–Crippen LogP) is 3.22. The summed E-state index contributed by atoms with van der Waals surface area (Å²) in [5, 5.41) is 0. The highest BCUT2D eigenvalue weighted by molar-refractivity contribution is 6.73. The van der Waals surface area contributed by atoms with Crippen LogP contribution >= 0.6 is 0 Å². The van der Waals surface area contributed by atoms with E-state index < -0.39 is 12.4 Å². The number of benzene rings is 1. The van der Waals surface area contributed by atoms with Crippen molar-refractivity contribution >= 4 is 12.4 Å². The second-order valence-corrected chi connectivity index (χ2v) is 5.76. The van der Waals surface area contributed by atoms with Crippen molar-refractivity contribution in [3.8, 4) is 5.75 Å². The average Bonchev–Trinajstić information content (AvgIpc) is 2.36. The minimum atomic E-state index is -4.97. The van der Waals surface area contributed by atoms with Crippen LogP contribution < -0.4 is 10.2 Å². The molecule has 2 nitrogen and oxygen atoms in total. The first kappa shape index (κ1) is 13.8. The van der Waals surface area contributed by atoms with Gasteiger partial charge in [0.15, 0.2) is 0 Å². The Morgan fingerprint density at radius 3 is 2.70 bits per heavy atom. The van der Waals surface area contributed by atoms with Crippen molar-refractivity contribution in [2.75, 3.05) is 6.61 Å². The Hall–Kier alpha value is -1.17. The molecule has 1 aromatic carbocycles.